The van der Waals surface area contributed by atoms with Gasteiger partial charge in [-0.2, -0.15) is 0 Å². The van der Waals surface area contributed by atoms with Gasteiger partial charge in [0.05, 0.1) is 0 Å². The summed E-state index contributed by atoms with van der Waals surface area (Å²) in [6.07, 6.45) is 1.01. The maximum absolute atomic E-state index is 5.83. The van der Waals surface area contributed by atoms with Crippen LogP contribution in [0.1, 0.15) is 12.5 Å². The molecule has 15 heavy (non-hydrogen) atoms. The van der Waals surface area contributed by atoms with Gasteiger partial charge in [-0.3, -0.25) is 0 Å². The molecule has 4 N–H and O–H groups in total. The smallest absolute Gasteiger partial charge is 0.0406 e. The highest BCUT2D eigenvalue weighted by atomic mass is 35.5. The molecule has 1 aromatic rings. The predicted molar refractivity (Wildman–Crippen MR) is 65.9 cm³/mol. The van der Waals surface area contributed by atoms with E-state index in [0.29, 0.717) is 24.9 Å². The third-order valence-electron chi connectivity index (χ3n) is 2.88. The van der Waals surface area contributed by atoms with E-state index in [1.54, 1.807) is 0 Å². The molecule has 0 radical (unpaired) electrons. The molecule has 0 amide bonds. The van der Waals surface area contributed by atoms with Crippen molar-refractivity contribution in [3.8, 4) is 0 Å². The van der Waals surface area contributed by atoms with E-state index in [0.717, 1.165) is 11.4 Å². The normalized spacial score (nSPS) is 13.1. The molecule has 84 valence electrons. The minimum absolute atomic E-state index is 0.403. The van der Waals surface area contributed by atoms with Crippen molar-refractivity contribution in [2.24, 2.45) is 23.3 Å². The highest BCUT2D eigenvalue weighted by molar-refractivity contribution is 6.30. The first-order chi connectivity index (χ1) is 7.17. The quantitative estimate of drug-likeness (QED) is 0.808. The zero-order valence-corrected chi connectivity index (χ0v) is 9.87. The molecule has 0 saturated carbocycles. The van der Waals surface area contributed by atoms with Gasteiger partial charge in [-0.05, 0) is 49.0 Å². The van der Waals surface area contributed by atoms with Gasteiger partial charge < -0.3 is 11.5 Å². The Bertz CT molecular complexity index is 280. The van der Waals surface area contributed by atoms with E-state index in [9.17, 15) is 0 Å². The highest BCUT2D eigenvalue weighted by Gasteiger charge is 2.14. The van der Waals surface area contributed by atoms with Crippen LogP contribution in [0.15, 0.2) is 24.3 Å². The van der Waals surface area contributed by atoms with Crippen LogP contribution in [0.4, 0.5) is 0 Å². The number of halogens is 1. The van der Waals surface area contributed by atoms with Crippen molar-refractivity contribution < 1.29 is 0 Å². The second-order valence-corrected chi connectivity index (χ2v) is 4.48. The topological polar surface area (TPSA) is 52.0 Å². The van der Waals surface area contributed by atoms with Crippen LogP contribution in [0.2, 0.25) is 5.02 Å². The molecule has 2 nitrogen and oxygen atoms in total. The Balaban J connectivity index is 2.57. The van der Waals surface area contributed by atoms with E-state index < -0.39 is 0 Å². The largest absolute Gasteiger partial charge is 0.330 e. The minimum atomic E-state index is 0.403. The molecule has 1 unspecified atom stereocenters. The molecule has 0 spiro atoms. The third kappa shape index (κ3) is 3.82. The molecule has 0 aliphatic rings. The lowest BCUT2D eigenvalue weighted by Crippen LogP contribution is -2.30. The van der Waals surface area contributed by atoms with Crippen LogP contribution in [0, 0.1) is 11.8 Å². The maximum atomic E-state index is 5.83. The molecule has 0 saturated heterocycles. The van der Waals surface area contributed by atoms with Gasteiger partial charge in [-0.1, -0.05) is 30.7 Å². The Labute approximate surface area is 96.6 Å². The molecule has 0 heterocycles. The molecule has 1 atom stereocenters. The minimum Gasteiger partial charge on any atom is -0.330 e. The average molecular weight is 227 g/mol. The number of benzene rings is 1. The van der Waals surface area contributed by atoms with E-state index >= 15 is 0 Å². The summed E-state index contributed by atoms with van der Waals surface area (Å²) in [5, 5.41) is 0.778. The number of hydrogen-bond donors (Lipinski definition) is 2. The van der Waals surface area contributed by atoms with E-state index in [4.69, 9.17) is 23.1 Å². The Morgan fingerprint density at radius 3 is 2.13 bits per heavy atom. The van der Waals surface area contributed by atoms with E-state index in [1.165, 1.54) is 5.56 Å². The molecule has 0 aliphatic carbocycles. The first-order valence-corrected chi connectivity index (χ1v) is 5.69. The molecule has 0 fully saturated rings. The van der Waals surface area contributed by atoms with Gasteiger partial charge in [0, 0.05) is 5.02 Å². The zero-order valence-electron chi connectivity index (χ0n) is 9.12. The van der Waals surface area contributed by atoms with Crippen LogP contribution >= 0.6 is 11.6 Å². The highest BCUT2D eigenvalue weighted by Crippen LogP contribution is 2.17. The van der Waals surface area contributed by atoms with Gasteiger partial charge in [-0.25, -0.2) is 0 Å². The fraction of sp³-hybridized carbons (Fsp3) is 0.500. The van der Waals surface area contributed by atoms with Crippen LogP contribution in [0.5, 0.6) is 0 Å². The summed E-state index contributed by atoms with van der Waals surface area (Å²) in [5.41, 5.74) is 12.6. The molecule has 1 rings (SSSR count). The number of hydrogen-bond acceptors (Lipinski definition) is 2. The summed E-state index contributed by atoms with van der Waals surface area (Å²) in [7, 11) is 0. The first-order valence-electron chi connectivity index (χ1n) is 5.32. The van der Waals surface area contributed by atoms with Gasteiger partial charge in [-0.15, -0.1) is 0 Å². The van der Waals surface area contributed by atoms with E-state index in [-0.39, 0.29) is 0 Å². The molecule has 0 bridgehead atoms. The zero-order chi connectivity index (χ0) is 11.3. The molecular weight excluding hydrogens is 208 g/mol. The van der Waals surface area contributed by atoms with Crippen LogP contribution < -0.4 is 11.5 Å². The summed E-state index contributed by atoms with van der Waals surface area (Å²) in [4.78, 5) is 0. The first kappa shape index (κ1) is 12.5. The SMILES string of the molecule is CC(Cc1ccc(Cl)cc1)C(CN)CN. The Morgan fingerprint density at radius 2 is 1.67 bits per heavy atom. The number of rotatable bonds is 5. The summed E-state index contributed by atoms with van der Waals surface area (Å²) >= 11 is 5.83. The van der Waals surface area contributed by atoms with Gasteiger partial charge in [0.1, 0.15) is 0 Å². The summed E-state index contributed by atoms with van der Waals surface area (Å²) < 4.78 is 0. The Kier molecular flexibility index (Phi) is 5.09. The maximum Gasteiger partial charge on any atom is 0.0406 e. The summed E-state index contributed by atoms with van der Waals surface area (Å²) in [6, 6.07) is 7.96. The Morgan fingerprint density at radius 1 is 1.13 bits per heavy atom. The van der Waals surface area contributed by atoms with Crippen LogP contribution in [0.3, 0.4) is 0 Å². The van der Waals surface area contributed by atoms with Gasteiger partial charge >= 0.3 is 0 Å². The predicted octanol–water partition coefficient (Wildman–Crippen LogP) is 2.05. The van der Waals surface area contributed by atoms with Gasteiger partial charge in [0.15, 0.2) is 0 Å². The fourth-order valence-electron chi connectivity index (χ4n) is 1.72. The van der Waals surface area contributed by atoms with Crippen molar-refractivity contribution in [2.45, 2.75) is 13.3 Å². The fourth-order valence-corrected chi connectivity index (χ4v) is 1.85. The molecule has 1 aromatic carbocycles. The lowest BCUT2D eigenvalue weighted by Gasteiger charge is -2.20. The lowest BCUT2D eigenvalue weighted by atomic mass is 9.88. The van der Waals surface area contributed by atoms with E-state index in [2.05, 4.69) is 19.1 Å². The van der Waals surface area contributed by atoms with Crippen molar-refractivity contribution in [3.63, 3.8) is 0 Å². The molecular formula is C12H19ClN2. The molecule has 3 heteroatoms. The molecule has 0 aliphatic heterocycles. The standard InChI is InChI=1S/C12H19ClN2/c1-9(11(7-14)8-15)6-10-2-4-12(13)5-3-10/h2-5,9,11H,6-8,14-15H2,1H3. The van der Waals surface area contributed by atoms with Crippen molar-refractivity contribution in [1.82, 2.24) is 0 Å². The van der Waals surface area contributed by atoms with Crippen LogP contribution in [-0.4, -0.2) is 13.1 Å². The average Bonchev–Trinajstić information content (AvgIpc) is 2.23. The van der Waals surface area contributed by atoms with Crippen molar-refractivity contribution in [1.29, 1.82) is 0 Å². The lowest BCUT2D eigenvalue weighted by molar-refractivity contribution is 0.372. The van der Waals surface area contributed by atoms with Gasteiger partial charge in [0.25, 0.3) is 0 Å². The van der Waals surface area contributed by atoms with Crippen LogP contribution in [-0.2, 0) is 6.42 Å². The van der Waals surface area contributed by atoms with Crippen LogP contribution in [0.25, 0.3) is 0 Å². The Hall–Kier alpha value is -0.570. The second-order valence-electron chi connectivity index (χ2n) is 4.04. The second kappa shape index (κ2) is 6.11. The van der Waals surface area contributed by atoms with Crippen molar-refractivity contribution in [2.75, 3.05) is 13.1 Å². The van der Waals surface area contributed by atoms with Crippen molar-refractivity contribution in [3.05, 3.63) is 34.9 Å². The number of nitrogens with two attached hydrogens (primary N) is 2. The monoisotopic (exact) mass is 226 g/mol. The third-order valence-corrected chi connectivity index (χ3v) is 3.13. The molecule has 0 aromatic heterocycles. The summed E-state index contributed by atoms with van der Waals surface area (Å²) in [6.45, 7) is 3.51. The summed E-state index contributed by atoms with van der Waals surface area (Å²) in [5.74, 6) is 0.918. The van der Waals surface area contributed by atoms with Gasteiger partial charge in [0.2, 0.25) is 0 Å². The van der Waals surface area contributed by atoms with E-state index in [1.807, 2.05) is 12.1 Å². The van der Waals surface area contributed by atoms with Crippen molar-refractivity contribution >= 4 is 11.6 Å².